The van der Waals surface area contributed by atoms with E-state index in [1.165, 1.54) is 12.1 Å². The Morgan fingerprint density at radius 3 is 2.14 bits per heavy atom. The number of hydrogen-bond acceptors (Lipinski definition) is 4. The zero-order valence-corrected chi connectivity index (χ0v) is 12.9. The second-order valence-corrected chi connectivity index (χ2v) is 6.76. The van der Waals surface area contributed by atoms with E-state index in [4.69, 9.17) is 4.74 Å². The van der Waals surface area contributed by atoms with Gasteiger partial charge in [-0.3, -0.25) is 4.79 Å². The highest BCUT2D eigenvalue weighted by molar-refractivity contribution is 7.90. The van der Waals surface area contributed by atoms with Crippen LogP contribution >= 0.6 is 0 Å². The van der Waals surface area contributed by atoms with Gasteiger partial charge in [-0.1, -0.05) is 18.2 Å². The summed E-state index contributed by atoms with van der Waals surface area (Å²) in [4.78, 5) is 11.3. The van der Waals surface area contributed by atoms with Gasteiger partial charge in [0.25, 0.3) is 0 Å². The smallest absolute Gasteiger partial charge is 0.176 e. The van der Waals surface area contributed by atoms with E-state index in [1.54, 1.807) is 38.3 Å². The Kier molecular flexibility index (Phi) is 4.14. The van der Waals surface area contributed by atoms with Crippen molar-refractivity contribution in [1.82, 2.24) is 0 Å². The summed E-state index contributed by atoms with van der Waals surface area (Å²) < 4.78 is 29.1. The largest absolute Gasteiger partial charge is 0.497 e. The van der Waals surface area contributed by atoms with Crippen molar-refractivity contribution in [3.63, 3.8) is 0 Å². The van der Waals surface area contributed by atoms with E-state index in [-0.39, 0.29) is 4.90 Å². The van der Waals surface area contributed by atoms with Crippen molar-refractivity contribution in [3.8, 4) is 16.9 Å². The molecule has 0 radical (unpaired) electrons. The van der Waals surface area contributed by atoms with Crippen molar-refractivity contribution in [2.24, 2.45) is 0 Å². The van der Waals surface area contributed by atoms with Crippen LogP contribution in [0.25, 0.3) is 11.1 Å². The molecule has 5 heteroatoms. The summed E-state index contributed by atoms with van der Waals surface area (Å²) >= 11 is 0. The minimum absolute atomic E-state index is 0.218. The van der Waals surface area contributed by atoms with E-state index in [9.17, 15) is 13.2 Å². The van der Waals surface area contributed by atoms with Crippen LogP contribution in [-0.4, -0.2) is 28.1 Å². The number of benzene rings is 2. The first-order valence-electron chi connectivity index (χ1n) is 6.31. The van der Waals surface area contributed by atoms with Crippen LogP contribution in [0.1, 0.15) is 15.9 Å². The lowest BCUT2D eigenvalue weighted by Gasteiger charge is -2.14. The Hall–Kier alpha value is -2.14. The second kappa shape index (κ2) is 5.69. The first kappa shape index (κ1) is 15.3. The standard InChI is InChI=1S/C16H16O4S/c1-11-13(10-17)6-9-15(21(3,18)19)16(11)12-4-7-14(20-2)8-5-12/h4-10H,1-3H3. The molecule has 0 amide bonds. The van der Waals surface area contributed by atoms with Gasteiger partial charge in [-0.15, -0.1) is 0 Å². The highest BCUT2D eigenvalue weighted by atomic mass is 32.2. The van der Waals surface area contributed by atoms with E-state index in [1.807, 2.05) is 0 Å². The van der Waals surface area contributed by atoms with Gasteiger partial charge in [-0.2, -0.15) is 0 Å². The maximum Gasteiger partial charge on any atom is 0.176 e. The molecule has 0 saturated heterocycles. The van der Waals surface area contributed by atoms with Crippen LogP contribution in [0.15, 0.2) is 41.3 Å². The Labute approximate surface area is 124 Å². The molecule has 0 fully saturated rings. The van der Waals surface area contributed by atoms with Gasteiger partial charge in [0.05, 0.1) is 12.0 Å². The molecule has 0 bridgehead atoms. The summed E-state index contributed by atoms with van der Waals surface area (Å²) in [7, 11) is -1.83. The normalized spacial score (nSPS) is 11.2. The Bertz CT molecular complexity index is 775. The number of ether oxygens (including phenoxy) is 1. The molecule has 0 saturated carbocycles. The molecule has 0 spiro atoms. The summed E-state index contributed by atoms with van der Waals surface area (Å²) in [5, 5.41) is 0. The molecule has 0 N–H and O–H groups in total. The first-order valence-corrected chi connectivity index (χ1v) is 8.21. The Morgan fingerprint density at radius 2 is 1.67 bits per heavy atom. The van der Waals surface area contributed by atoms with E-state index < -0.39 is 9.84 Å². The number of carbonyl (C=O) groups is 1. The molecule has 4 nitrogen and oxygen atoms in total. The van der Waals surface area contributed by atoms with Crippen LogP contribution in [-0.2, 0) is 9.84 Å². The van der Waals surface area contributed by atoms with Gasteiger partial charge in [-0.25, -0.2) is 8.42 Å². The maximum atomic E-state index is 12.0. The summed E-state index contributed by atoms with van der Waals surface area (Å²) in [6.45, 7) is 1.75. The van der Waals surface area contributed by atoms with Gasteiger partial charge in [0.2, 0.25) is 0 Å². The zero-order chi connectivity index (χ0) is 15.6. The van der Waals surface area contributed by atoms with Crippen molar-refractivity contribution < 1.29 is 17.9 Å². The predicted octanol–water partition coefficient (Wildman–Crippen LogP) is 2.89. The number of methoxy groups -OCH3 is 1. The monoisotopic (exact) mass is 304 g/mol. The third-order valence-electron chi connectivity index (χ3n) is 3.37. The fourth-order valence-corrected chi connectivity index (χ4v) is 3.21. The van der Waals surface area contributed by atoms with Crippen molar-refractivity contribution in [3.05, 3.63) is 47.5 Å². The molecule has 0 unspecified atom stereocenters. The molecule has 21 heavy (non-hydrogen) atoms. The lowest BCUT2D eigenvalue weighted by Crippen LogP contribution is -2.03. The molecular formula is C16H16O4S. The summed E-state index contributed by atoms with van der Waals surface area (Å²) in [5.74, 6) is 0.684. The van der Waals surface area contributed by atoms with Crippen LogP contribution in [0.4, 0.5) is 0 Å². The highest BCUT2D eigenvalue weighted by Gasteiger charge is 2.18. The van der Waals surface area contributed by atoms with Gasteiger partial charge >= 0.3 is 0 Å². The zero-order valence-electron chi connectivity index (χ0n) is 12.1. The molecular weight excluding hydrogens is 288 g/mol. The van der Waals surface area contributed by atoms with Gasteiger partial charge in [-0.05, 0) is 36.2 Å². The third-order valence-corrected chi connectivity index (χ3v) is 4.51. The topological polar surface area (TPSA) is 60.4 Å². The molecule has 0 aliphatic rings. The average molecular weight is 304 g/mol. The van der Waals surface area contributed by atoms with Crippen LogP contribution in [0.5, 0.6) is 5.75 Å². The average Bonchev–Trinajstić information content (AvgIpc) is 2.46. The highest BCUT2D eigenvalue weighted by Crippen LogP contribution is 2.33. The molecule has 2 aromatic rings. The third kappa shape index (κ3) is 2.97. The van der Waals surface area contributed by atoms with E-state index >= 15 is 0 Å². The van der Waals surface area contributed by atoms with Crippen LogP contribution in [0, 0.1) is 6.92 Å². The van der Waals surface area contributed by atoms with Gasteiger partial charge in [0, 0.05) is 17.4 Å². The van der Waals surface area contributed by atoms with Crippen LogP contribution in [0.3, 0.4) is 0 Å². The van der Waals surface area contributed by atoms with E-state index in [2.05, 4.69) is 0 Å². The molecule has 2 rings (SSSR count). The lowest BCUT2D eigenvalue weighted by atomic mass is 9.97. The van der Waals surface area contributed by atoms with Gasteiger partial charge < -0.3 is 4.74 Å². The summed E-state index contributed by atoms with van der Waals surface area (Å²) in [6.07, 6.45) is 1.89. The van der Waals surface area contributed by atoms with E-state index in [0.717, 1.165) is 18.1 Å². The van der Waals surface area contributed by atoms with Crippen molar-refractivity contribution in [1.29, 1.82) is 0 Å². The van der Waals surface area contributed by atoms with E-state index in [0.29, 0.717) is 22.4 Å². The Balaban J connectivity index is 2.77. The quantitative estimate of drug-likeness (QED) is 0.815. The van der Waals surface area contributed by atoms with Crippen molar-refractivity contribution in [2.45, 2.75) is 11.8 Å². The molecule has 0 aliphatic heterocycles. The SMILES string of the molecule is COc1ccc(-c2c(S(C)(=O)=O)ccc(C=O)c2C)cc1. The number of sulfone groups is 1. The molecule has 0 heterocycles. The fourth-order valence-electron chi connectivity index (χ4n) is 2.26. The van der Waals surface area contributed by atoms with Crippen molar-refractivity contribution >= 4 is 16.1 Å². The maximum absolute atomic E-state index is 12.0. The molecule has 0 aromatic heterocycles. The number of carbonyl (C=O) groups excluding carboxylic acids is 1. The molecule has 0 atom stereocenters. The van der Waals surface area contributed by atoms with Crippen LogP contribution < -0.4 is 4.74 Å². The number of rotatable bonds is 4. The second-order valence-electron chi connectivity index (χ2n) is 4.77. The minimum atomic E-state index is -3.39. The first-order chi connectivity index (χ1) is 9.88. The fraction of sp³-hybridized carbons (Fsp3) is 0.188. The van der Waals surface area contributed by atoms with Gasteiger partial charge in [0.1, 0.15) is 12.0 Å². The summed E-state index contributed by atoms with van der Waals surface area (Å²) in [6, 6.07) is 10.1. The number of aldehydes is 1. The Morgan fingerprint density at radius 1 is 1.05 bits per heavy atom. The summed E-state index contributed by atoms with van der Waals surface area (Å²) in [5.41, 5.74) is 2.42. The molecule has 0 aliphatic carbocycles. The van der Waals surface area contributed by atoms with Crippen LogP contribution in [0.2, 0.25) is 0 Å². The molecule has 110 valence electrons. The number of hydrogen-bond donors (Lipinski definition) is 0. The molecule has 2 aromatic carbocycles. The van der Waals surface area contributed by atoms with Gasteiger partial charge in [0.15, 0.2) is 9.84 Å². The minimum Gasteiger partial charge on any atom is -0.497 e. The lowest BCUT2D eigenvalue weighted by molar-refractivity contribution is 0.112. The predicted molar refractivity (Wildman–Crippen MR) is 81.7 cm³/mol. The van der Waals surface area contributed by atoms with Crippen molar-refractivity contribution in [2.75, 3.05) is 13.4 Å².